The molecule has 1 saturated heterocycles. The van der Waals surface area contributed by atoms with Gasteiger partial charge in [0, 0.05) is 49.7 Å². The molecule has 0 radical (unpaired) electrons. The van der Waals surface area contributed by atoms with Gasteiger partial charge in [-0.2, -0.15) is 0 Å². The fourth-order valence-electron chi connectivity index (χ4n) is 4.15. The molecule has 33 heavy (non-hydrogen) atoms. The molecule has 3 aromatic rings. The number of hydrogen-bond acceptors (Lipinski definition) is 6. The number of aliphatic hydroxyl groups is 1. The molecule has 0 aliphatic carbocycles. The number of ketones is 1. The van der Waals surface area contributed by atoms with Crippen LogP contribution in [0.4, 0.5) is 5.69 Å². The Kier molecular flexibility index (Phi) is 7.60. The third-order valence-corrected chi connectivity index (χ3v) is 6.00. The van der Waals surface area contributed by atoms with E-state index in [1.165, 1.54) is 0 Å². The summed E-state index contributed by atoms with van der Waals surface area (Å²) in [6, 6.07) is 16.7. The molecule has 7 heteroatoms. The highest BCUT2D eigenvalue weighted by atomic mass is 35.5. The summed E-state index contributed by atoms with van der Waals surface area (Å²) in [4.78, 5) is 19.6. The summed E-state index contributed by atoms with van der Waals surface area (Å²) in [6.07, 6.45) is 2.92. The first kappa shape index (κ1) is 23.2. The first-order valence-electron chi connectivity index (χ1n) is 11.0. The summed E-state index contributed by atoms with van der Waals surface area (Å²) >= 11 is 6.18. The van der Waals surface area contributed by atoms with Crippen molar-refractivity contribution in [2.45, 2.75) is 25.6 Å². The molecule has 0 amide bonds. The Labute approximate surface area is 198 Å². The molecular formula is C26H27ClN2O4. The zero-order valence-electron chi connectivity index (χ0n) is 18.5. The van der Waals surface area contributed by atoms with E-state index in [0.717, 1.165) is 29.8 Å². The molecule has 2 aromatic carbocycles. The van der Waals surface area contributed by atoms with Gasteiger partial charge in [0.05, 0.1) is 13.2 Å². The van der Waals surface area contributed by atoms with E-state index in [2.05, 4.69) is 9.88 Å². The SMILES string of the molecule is COCc1cccc(C(=O)c2ccc(N3CCC(Oc4ncccc4Cl)C3)c(CCO)c2)c1. The Morgan fingerprint density at radius 1 is 1.18 bits per heavy atom. The molecule has 0 bridgehead atoms. The number of aliphatic hydroxyl groups excluding tert-OH is 1. The van der Waals surface area contributed by atoms with E-state index in [-0.39, 0.29) is 18.5 Å². The third-order valence-electron chi connectivity index (χ3n) is 5.71. The number of methoxy groups -OCH3 is 1. The summed E-state index contributed by atoms with van der Waals surface area (Å²) in [7, 11) is 1.63. The third kappa shape index (κ3) is 5.53. The van der Waals surface area contributed by atoms with Crippen molar-refractivity contribution in [3.05, 3.63) is 88.1 Å². The molecule has 1 fully saturated rings. The molecule has 1 unspecified atom stereocenters. The van der Waals surface area contributed by atoms with E-state index in [1.807, 2.05) is 42.5 Å². The van der Waals surface area contributed by atoms with Crippen molar-refractivity contribution in [1.82, 2.24) is 4.98 Å². The topological polar surface area (TPSA) is 71.9 Å². The van der Waals surface area contributed by atoms with E-state index in [0.29, 0.717) is 41.6 Å². The van der Waals surface area contributed by atoms with E-state index >= 15 is 0 Å². The zero-order valence-corrected chi connectivity index (χ0v) is 19.3. The van der Waals surface area contributed by atoms with E-state index in [4.69, 9.17) is 21.1 Å². The second-order valence-corrected chi connectivity index (χ2v) is 8.45. The van der Waals surface area contributed by atoms with Crippen molar-refractivity contribution < 1.29 is 19.4 Å². The summed E-state index contributed by atoms with van der Waals surface area (Å²) in [5, 5.41) is 10.1. The average molecular weight is 467 g/mol. The van der Waals surface area contributed by atoms with Crippen molar-refractivity contribution in [2.75, 3.05) is 31.7 Å². The minimum absolute atomic E-state index is 0.00524. The second-order valence-electron chi connectivity index (χ2n) is 8.04. The number of nitrogens with zero attached hydrogens (tertiary/aromatic N) is 2. The van der Waals surface area contributed by atoms with Crippen LogP contribution in [-0.4, -0.2) is 48.8 Å². The molecular weight excluding hydrogens is 440 g/mol. The smallest absolute Gasteiger partial charge is 0.232 e. The molecule has 1 aliphatic rings. The fourth-order valence-corrected chi connectivity index (χ4v) is 4.32. The molecule has 1 aromatic heterocycles. The lowest BCUT2D eigenvalue weighted by molar-refractivity contribution is 0.103. The van der Waals surface area contributed by atoms with Crippen LogP contribution in [-0.2, 0) is 17.8 Å². The van der Waals surface area contributed by atoms with Gasteiger partial charge in [0.1, 0.15) is 11.1 Å². The van der Waals surface area contributed by atoms with Crippen molar-refractivity contribution in [3.63, 3.8) is 0 Å². The predicted molar refractivity (Wildman–Crippen MR) is 128 cm³/mol. The van der Waals surface area contributed by atoms with Crippen LogP contribution >= 0.6 is 11.6 Å². The Bertz CT molecular complexity index is 1120. The highest BCUT2D eigenvalue weighted by Crippen LogP contribution is 2.30. The van der Waals surface area contributed by atoms with Crippen LogP contribution in [0.2, 0.25) is 5.02 Å². The predicted octanol–water partition coefficient (Wildman–Crippen LogP) is 4.30. The van der Waals surface area contributed by atoms with Gasteiger partial charge in [-0.05, 0) is 53.9 Å². The Balaban J connectivity index is 1.52. The number of anilines is 1. The molecule has 0 saturated carbocycles. The molecule has 1 aliphatic heterocycles. The number of halogens is 1. The largest absolute Gasteiger partial charge is 0.471 e. The number of benzene rings is 2. The lowest BCUT2D eigenvalue weighted by Crippen LogP contribution is -2.26. The Hall–Kier alpha value is -2.93. The number of carbonyl (C=O) groups excluding carboxylic acids is 1. The van der Waals surface area contributed by atoms with Gasteiger partial charge in [-0.25, -0.2) is 4.98 Å². The minimum atomic E-state index is -0.0499. The standard InChI is InChI=1S/C26H27ClN2O4/c1-32-17-18-4-2-5-20(14-18)25(31)21-7-8-24(19(15-21)10-13-30)29-12-9-22(16-29)33-26-23(27)6-3-11-28-26/h2-8,11,14-15,22,30H,9-10,12-13,16-17H2,1H3. The quantitative estimate of drug-likeness (QED) is 0.474. The first-order chi connectivity index (χ1) is 16.1. The molecule has 1 atom stereocenters. The van der Waals surface area contributed by atoms with Crippen LogP contribution in [0.25, 0.3) is 0 Å². The molecule has 172 valence electrons. The van der Waals surface area contributed by atoms with Crippen molar-refractivity contribution in [1.29, 1.82) is 0 Å². The van der Waals surface area contributed by atoms with Gasteiger partial charge >= 0.3 is 0 Å². The maximum atomic E-state index is 13.1. The van der Waals surface area contributed by atoms with E-state index < -0.39 is 0 Å². The zero-order chi connectivity index (χ0) is 23.2. The van der Waals surface area contributed by atoms with Crippen LogP contribution in [0.1, 0.15) is 33.5 Å². The molecule has 6 nitrogen and oxygen atoms in total. The van der Waals surface area contributed by atoms with Gasteiger partial charge in [-0.15, -0.1) is 0 Å². The van der Waals surface area contributed by atoms with Crippen molar-refractivity contribution >= 4 is 23.1 Å². The summed E-state index contributed by atoms with van der Waals surface area (Å²) < 4.78 is 11.2. The summed E-state index contributed by atoms with van der Waals surface area (Å²) in [5.74, 6) is 0.393. The van der Waals surface area contributed by atoms with Crippen LogP contribution in [0, 0.1) is 0 Å². The van der Waals surface area contributed by atoms with Crippen LogP contribution in [0.3, 0.4) is 0 Å². The van der Waals surface area contributed by atoms with E-state index in [1.54, 1.807) is 25.4 Å². The monoisotopic (exact) mass is 466 g/mol. The number of rotatable bonds is 9. The molecule has 4 rings (SSSR count). The van der Waals surface area contributed by atoms with Crippen LogP contribution in [0.15, 0.2) is 60.8 Å². The van der Waals surface area contributed by atoms with Gasteiger partial charge in [-0.1, -0.05) is 29.8 Å². The molecule has 1 N–H and O–H groups in total. The van der Waals surface area contributed by atoms with Crippen LogP contribution in [0.5, 0.6) is 5.88 Å². The fraction of sp³-hybridized carbons (Fsp3) is 0.308. The molecule has 0 spiro atoms. The van der Waals surface area contributed by atoms with Crippen LogP contribution < -0.4 is 9.64 Å². The number of hydrogen-bond donors (Lipinski definition) is 1. The lowest BCUT2D eigenvalue weighted by Gasteiger charge is -2.23. The van der Waals surface area contributed by atoms with E-state index in [9.17, 15) is 9.90 Å². The highest BCUT2D eigenvalue weighted by molar-refractivity contribution is 6.31. The second kappa shape index (κ2) is 10.8. The normalized spacial score (nSPS) is 15.6. The van der Waals surface area contributed by atoms with Gasteiger partial charge in [0.2, 0.25) is 5.88 Å². The molecule has 2 heterocycles. The maximum Gasteiger partial charge on any atom is 0.232 e. The number of aromatic nitrogens is 1. The number of ether oxygens (including phenoxy) is 2. The number of pyridine rings is 1. The Morgan fingerprint density at radius 2 is 2.03 bits per heavy atom. The maximum absolute atomic E-state index is 13.1. The van der Waals surface area contributed by atoms with Gasteiger partial charge in [0.25, 0.3) is 0 Å². The summed E-state index contributed by atoms with van der Waals surface area (Å²) in [5.41, 5.74) is 4.12. The summed E-state index contributed by atoms with van der Waals surface area (Å²) in [6.45, 7) is 1.95. The van der Waals surface area contributed by atoms with Gasteiger partial charge in [0.15, 0.2) is 5.78 Å². The average Bonchev–Trinajstić information content (AvgIpc) is 3.29. The van der Waals surface area contributed by atoms with Crippen molar-refractivity contribution in [3.8, 4) is 5.88 Å². The van der Waals surface area contributed by atoms with Gasteiger partial charge < -0.3 is 19.5 Å². The Morgan fingerprint density at radius 3 is 2.82 bits per heavy atom. The van der Waals surface area contributed by atoms with Gasteiger partial charge in [-0.3, -0.25) is 4.79 Å². The lowest BCUT2D eigenvalue weighted by atomic mass is 9.97. The van der Waals surface area contributed by atoms with Crippen molar-refractivity contribution in [2.24, 2.45) is 0 Å². The number of carbonyl (C=O) groups is 1. The first-order valence-corrected chi connectivity index (χ1v) is 11.4. The minimum Gasteiger partial charge on any atom is -0.471 e. The highest BCUT2D eigenvalue weighted by Gasteiger charge is 2.27.